The molecule has 0 spiro atoms. The normalized spacial score (nSPS) is 11.4. The second kappa shape index (κ2) is 28.6. The zero-order valence-electron chi connectivity index (χ0n) is 37.8. The molecule has 37 heteroatoms. The van der Waals surface area contributed by atoms with Crippen molar-refractivity contribution in [3.63, 3.8) is 0 Å². The van der Waals surface area contributed by atoms with E-state index in [4.69, 9.17) is 0 Å². The van der Waals surface area contributed by atoms with Crippen molar-refractivity contribution in [2.45, 2.75) is 29.4 Å². The second-order valence-electron chi connectivity index (χ2n) is 13.0. The van der Waals surface area contributed by atoms with Gasteiger partial charge in [-0.05, 0) is 84.9 Å². The first-order chi connectivity index (χ1) is 30.6. The number of carbonyl (C=O) groups is 3. The van der Waals surface area contributed by atoms with Gasteiger partial charge < -0.3 is 49.3 Å². The minimum absolute atomic E-state index is 0. The number of anilines is 4. The Morgan fingerprint density at radius 3 is 1.22 bits per heavy atom. The Morgan fingerprint density at radius 2 is 0.833 bits per heavy atom. The van der Waals surface area contributed by atoms with Gasteiger partial charge in [0.05, 0.1) is 47.9 Å². The van der Waals surface area contributed by atoms with Crippen LogP contribution in [-0.4, -0.2) is 82.7 Å². The zero-order chi connectivity index (χ0) is 48.7. The maximum absolute atomic E-state index is 13.5. The van der Waals surface area contributed by atoms with Crippen molar-refractivity contribution in [2.75, 3.05) is 21.3 Å². The average molecular weight is 1160 g/mol. The van der Waals surface area contributed by atoms with Crippen LogP contribution in [0.1, 0.15) is 20.7 Å². The SMILES string of the molecule is O=C(Nc1cccc(C(=O)Nc2ccc(S(=O)(=O)[O-])c3cc(S(=O)(=O)[O-])cc(SOO[O-])c23)c1)Nc1cccc(C(=O)Nc2ccc(S(=O)(=O)[O-])c3cc(S(=O)(=O)[O-])cc(S(=O)(=O)[O-])c23)c1.[Na+].[Na+].[Na+].[Na+].[Na+].[Na+]. The minimum Gasteiger partial charge on any atom is -0.744 e. The third kappa shape index (κ3) is 17.9. The molecule has 6 rings (SSSR count). The predicted octanol–water partition coefficient (Wildman–Crippen LogP) is -16.1. The van der Waals surface area contributed by atoms with Gasteiger partial charge in [-0.25, -0.2) is 46.9 Å². The van der Waals surface area contributed by atoms with E-state index in [0.29, 0.717) is 30.3 Å². The Labute approximate surface area is 546 Å². The van der Waals surface area contributed by atoms with Crippen LogP contribution < -0.4 is 204 Å². The first-order valence-corrected chi connectivity index (χ1v) is 24.9. The minimum atomic E-state index is -5.74. The Kier molecular flexibility index (Phi) is 28.6. The van der Waals surface area contributed by atoms with Gasteiger partial charge in [0.1, 0.15) is 50.6 Å². The van der Waals surface area contributed by atoms with Gasteiger partial charge in [-0.2, -0.15) is 4.33 Å². The molecule has 0 radical (unpaired) electrons. The third-order valence-corrected chi connectivity index (χ3v) is 13.7. The smallest absolute Gasteiger partial charge is 0.744 e. The summed E-state index contributed by atoms with van der Waals surface area (Å²) in [4.78, 5) is 33.3. The second-order valence-corrected chi connectivity index (χ2v) is 20.6. The quantitative estimate of drug-likeness (QED) is 0.0259. The molecule has 6 aromatic carbocycles. The summed E-state index contributed by atoms with van der Waals surface area (Å²) in [7, 11) is -27.5. The fourth-order valence-electron chi connectivity index (χ4n) is 6.19. The molecule has 4 N–H and O–H groups in total. The van der Waals surface area contributed by atoms with Crippen LogP contribution in [-0.2, 0) is 60.0 Å². The molecule has 25 nitrogen and oxygen atoms in total. The molecule has 0 aliphatic rings. The van der Waals surface area contributed by atoms with Crippen molar-refractivity contribution in [1.82, 2.24) is 0 Å². The summed E-state index contributed by atoms with van der Waals surface area (Å²) in [5, 5.41) is 20.3. The Balaban J connectivity index is 0.00000840. The number of hydrogen-bond acceptors (Lipinski definition) is 22. The van der Waals surface area contributed by atoms with Crippen LogP contribution in [0.25, 0.3) is 21.5 Å². The molecule has 0 aromatic heterocycles. The molecule has 72 heavy (non-hydrogen) atoms. The Morgan fingerprint density at radius 1 is 0.444 bits per heavy atom. The number of fused-ring (bicyclic) bond motifs is 2. The summed E-state index contributed by atoms with van der Waals surface area (Å²) < 4.78 is 184. The van der Waals surface area contributed by atoms with Crippen LogP contribution in [0.2, 0.25) is 0 Å². The molecule has 0 saturated heterocycles. The zero-order valence-corrected chi connectivity index (χ0v) is 54.7. The molecular weight excluding hydrogens is 1140 g/mol. The van der Waals surface area contributed by atoms with Crippen molar-refractivity contribution in [3.05, 3.63) is 108 Å². The number of carbonyl (C=O) groups excluding carboxylic acids is 3. The molecule has 4 amide bonds. The van der Waals surface area contributed by atoms with E-state index in [0.717, 1.165) is 24.3 Å². The van der Waals surface area contributed by atoms with Gasteiger partial charge in [0.25, 0.3) is 11.8 Å². The first kappa shape index (κ1) is 71.8. The van der Waals surface area contributed by atoms with Crippen molar-refractivity contribution in [3.8, 4) is 0 Å². The van der Waals surface area contributed by atoms with E-state index in [2.05, 4.69) is 30.6 Å². The maximum Gasteiger partial charge on any atom is 1.00 e. The fraction of sp³-hybridized carbons (Fsp3) is 0. The number of nitrogens with one attached hydrogen (secondary N) is 4. The molecule has 0 bridgehead atoms. The van der Waals surface area contributed by atoms with Crippen molar-refractivity contribution in [2.24, 2.45) is 0 Å². The summed E-state index contributed by atoms with van der Waals surface area (Å²) in [6, 6.07) is 13.5. The van der Waals surface area contributed by atoms with E-state index in [1.165, 1.54) is 36.4 Å². The van der Waals surface area contributed by atoms with Gasteiger partial charge in [0.2, 0.25) is 0 Å². The van der Waals surface area contributed by atoms with E-state index in [1.807, 2.05) is 0 Å². The van der Waals surface area contributed by atoms with E-state index in [-0.39, 0.29) is 229 Å². The summed E-state index contributed by atoms with van der Waals surface area (Å²) in [5.41, 5.74) is -1.50. The average Bonchev–Trinajstić information content (AvgIpc) is 3.20. The number of urea groups is 1. The molecule has 0 fully saturated rings. The Bertz CT molecular complexity index is 3660. The van der Waals surface area contributed by atoms with E-state index >= 15 is 0 Å². The van der Waals surface area contributed by atoms with Gasteiger partial charge in [0, 0.05) is 48.9 Å². The van der Waals surface area contributed by atoms with Crippen molar-refractivity contribution < 1.29 is 271 Å². The number of hydrogen-bond donors (Lipinski definition) is 4. The molecule has 0 aliphatic heterocycles. The van der Waals surface area contributed by atoms with Gasteiger partial charge in [-0.1, -0.05) is 12.1 Å². The maximum atomic E-state index is 13.5. The van der Waals surface area contributed by atoms with Crippen LogP contribution in [0.15, 0.2) is 126 Å². The van der Waals surface area contributed by atoms with Gasteiger partial charge in [-0.3, -0.25) is 14.6 Å². The summed E-state index contributed by atoms with van der Waals surface area (Å²) in [6.45, 7) is 0. The van der Waals surface area contributed by atoms with Gasteiger partial charge >= 0.3 is 183 Å². The van der Waals surface area contributed by atoms with Gasteiger partial charge in [-0.15, -0.1) is 0 Å². The van der Waals surface area contributed by atoms with Crippen molar-refractivity contribution in [1.29, 1.82) is 0 Å². The first-order valence-electron chi connectivity index (χ1n) is 17.1. The summed E-state index contributed by atoms with van der Waals surface area (Å²) >= 11 is 0.00615. The number of rotatable bonds is 14. The predicted molar refractivity (Wildman–Crippen MR) is 217 cm³/mol. The molecule has 0 aliphatic carbocycles. The largest absolute Gasteiger partial charge is 1.00 e. The van der Waals surface area contributed by atoms with E-state index < -0.39 is 120 Å². The number of benzene rings is 6. The van der Waals surface area contributed by atoms with Crippen LogP contribution in [0.4, 0.5) is 27.5 Å². The van der Waals surface area contributed by atoms with Crippen LogP contribution in [0.3, 0.4) is 0 Å². The molecule has 0 heterocycles. The van der Waals surface area contributed by atoms with E-state index in [9.17, 15) is 84.5 Å². The molecule has 6 aromatic rings. The van der Waals surface area contributed by atoms with Crippen LogP contribution in [0, 0.1) is 0 Å². The van der Waals surface area contributed by atoms with E-state index in [1.54, 1.807) is 0 Å². The third-order valence-electron chi connectivity index (χ3n) is 8.82. The van der Waals surface area contributed by atoms with Crippen molar-refractivity contribution >= 4 is 125 Å². The fourth-order valence-corrected chi connectivity index (χ4v) is 10.0. The molecule has 348 valence electrons. The molecular formula is C35H20N4Na6O21S6. The monoisotopic (exact) mass is 1160 g/mol. The van der Waals surface area contributed by atoms with Gasteiger partial charge in [0.15, 0.2) is 0 Å². The molecule has 0 saturated carbocycles. The molecule has 0 unspecified atom stereocenters. The standard InChI is InChI=1S/C35H26N4O21S6.6Na/c40-33(38-25-7-9-28(64(50,51)52)23-13-21(62(44,45)46)15-27(31(23)25)61-60-59-43)17-3-1-5-19(11-17)36-35(42)37-20-6-2-4-18(12-20)34(41)39-26-8-10-29(65(53,54)55)24-14-22(63(47,48)49)16-30(32(24)26)66(56,57)58;;;;;;/h1-16,43H,(H,38,40)(H,39,41)(H2,36,37,42)(H,44,45,46)(H,47,48,49)(H,50,51,52)(H,53,54,55)(H,56,57,58);;;;;;/q;6*+1/p-6. The summed E-state index contributed by atoms with van der Waals surface area (Å²) in [5.74, 6) is -2.06. The topological polar surface area (TPSA) is 427 Å². The van der Waals surface area contributed by atoms with Crippen LogP contribution in [0.5, 0.6) is 0 Å². The summed E-state index contributed by atoms with van der Waals surface area (Å²) in [6.07, 6.45) is 0. The Hall–Kier alpha value is -0.170. The molecule has 0 atom stereocenters. The number of amides is 4. The van der Waals surface area contributed by atoms with Crippen LogP contribution >= 0.6 is 12.0 Å².